The van der Waals surface area contributed by atoms with Gasteiger partial charge in [0.05, 0.1) is 5.60 Å². The molecular formula is C20H34O2. The molecule has 4 rings (SSSR count). The van der Waals surface area contributed by atoms with Crippen LogP contribution >= 0.6 is 0 Å². The Balaban J connectivity index is 1.72. The van der Waals surface area contributed by atoms with E-state index in [1.165, 1.54) is 51.4 Å². The van der Waals surface area contributed by atoms with Crippen LogP contribution in [0.25, 0.3) is 0 Å². The van der Waals surface area contributed by atoms with Crippen molar-refractivity contribution in [2.24, 2.45) is 34.0 Å². The molecule has 0 heterocycles. The standard InChI is InChI=1S/C20H34O2/c1-17(13-21)8-4-9-18(2)15(17)7-10-20-11-14(5-6-16(18)20)19(3,22)12-20/h14-16,21-22H,4-13H2,1-3H3/t14-,15+,16-,17?,18+,19+,20-/m1/s1. The average Bonchev–Trinajstić information content (AvgIpc) is 2.63. The number of rotatable bonds is 1. The minimum atomic E-state index is -0.424. The van der Waals surface area contributed by atoms with Crippen molar-refractivity contribution in [1.82, 2.24) is 0 Å². The molecule has 4 fully saturated rings. The largest absolute Gasteiger partial charge is 0.396 e. The van der Waals surface area contributed by atoms with Crippen LogP contribution in [0.3, 0.4) is 0 Å². The Bertz CT molecular complexity index is 472. The first-order valence-electron chi connectivity index (χ1n) is 9.59. The van der Waals surface area contributed by atoms with Gasteiger partial charge < -0.3 is 10.2 Å². The molecule has 126 valence electrons. The van der Waals surface area contributed by atoms with Gasteiger partial charge in [-0.05, 0) is 92.3 Å². The lowest BCUT2D eigenvalue weighted by molar-refractivity contribution is -0.159. The van der Waals surface area contributed by atoms with Gasteiger partial charge in [-0.3, -0.25) is 0 Å². The monoisotopic (exact) mass is 306 g/mol. The molecule has 4 saturated carbocycles. The zero-order chi connectivity index (χ0) is 15.8. The fourth-order valence-corrected chi connectivity index (χ4v) is 8.12. The van der Waals surface area contributed by atoms with Crippen LogP contribution in [0.15, 0.2) is 0 Å². The summed E-state index contributed by atoms with van der Waals surface area (Å²) < 4.78 is 0. The summed E-state index contributed by atoms with van der Waals surface area (Å²) in [4.78, 5) is 0. The smallest absolute Gasteiger partial charge is 0.0653 e. The van der Waals surface area contributed by atoms with Crippen molar-refractivity contribution in [2.45, 2.75) is 84.2 Å². The highest BCUT2D eigenvalue weighted by Gasteiger charge is 2.66. The van der Waals surface area contributed by atoms with Gasteiger partial charge in [-0.2, -0.15) is 0 Å². The Labute approximate surface area is 135 Å². The van der Waals surface area contributed by atoms with Crippen LogP contribution in [0.2, 0.25) is 0 Å². The van der Waals surface area contributed by atoms with Gasteiger partial charge in [0.2, 0.25) is 0 Å². The van der Waals surface area contributed by atoms with Crippen molar-refractivity contribution in [1.29, 1.82) is 0 Å². The SMILES string of the molecule is CC1(CO)CCC[C@@]2(C)[C@H]1CC[C@]13C[C@@H](CC[C@@H]12)[C@@](C)(O)C3. The van der Waals surface area contributed by atoms with E-state index in [9.17, 15) is 10.2 Å². The second-order valence-electron chi connectivity index (χ2n) is 10.2. The maximum absolute atomic E-state index is 10.9. The summed E-state index contributed by atoms with van der Waals surface area (Å²) in [6.07, 6.45) is 11.2. The fourth-order valence-electron chi connectivity index (χ4n) is 8.12. The zero-order valence-corrected chi connectivity index (χ0v) is 14.7. The Morgan fingerprint density at radius 2 is 1.73 bits per heavy atom. The van der Waals surface area contributed by atoms with E-state index in [0.29, 0.717) is 29.3 Å². The summed E-state index contributed by atoms with van der Waals surface area (Å²) in [7, 11) is 0. The third-order valence-electron chi connectivity index (χ3n) is 8.97. The van der Waals surface area contributed by atoms with Gasteiger partial charge in [0.25, 0.3) is 0 Å². The van der Waals surface area contributed by atoms with Gasteiger partial charge in [0.15, 0.2) is 0 Å². The quantitative estimate of drug-likeness (QED) is 0.764. The van der Waals surface area contributed by atoms with Gasteiger partial charge >= 0.3 is 0 Å². The molecule has 0 saturated heterocycles. The van der Waals surface area contributed by atoms with E-state index >= 15 is 0 Å². The summed E-state index contributed by atoms with van der Waals surface area (Å²) >= 11 is 0. The van der Waals surface area contributed by atoms with Crippen LogP contribution < -0.4 is 0 Å². The second kappa shape index (κ2) is 4.51. The second-order valence-corrected chi connectivity index (χ2v) is 10.2. The molecule has 0 aromatic rings. The Hall–Kier alpha value is -0.0800. The molecular weight excluding hydrogens is 272 g/mol. The van der Waals surface area contributed by atoms with Crippen molar-refractivity contribution < 1.29 is 10.2 Å². The molecule has 1 spiro atoms. The van der Waals surface area contributed by atoms with Crippen molar-refractivity contribution >= 4 is 0 Å². The first kappa shape index (κ1) is 15.4. The summed E-state index contributed by atoms with van der Waals surface area (Å²) in [5, 5.41) is 21.0. The third-order valence-corrected chi connectivity index (χ3v) is 8.97. The number of hydrogen-bond donors (Lipinski definition) is 2. The maximum atomic E-state index is 10.9. The molecule has 2 heteroatoms. The first-order chi connectivity index (χ1) is 10.3. The average molecular weight is 306 g/mol. The highest BCUT2D eigenvalue weighted by atomic mass is 16.3. The number of hydrogen-bond acceptors (Lipinski definition) is 2. The predicted molar refractivity (Wildman–Crippen MR) is 88.4 cm³/mol. The molecule has 2 N–H and O–H groups in total. The number of aliphatic hydroxyl groups is 2. The summed E-state index contributed by atoms with van der Waals surface area (Å²) in [5.41, 5.74) is 0.504. The fraction of sp³-hybridized carbons (Fsp3) is 1.00. The zero-order valence-electron chi connectivity index (χ0n) is 14.7. The predicted octanol–water partition coefficient (Wildman–Crippen LogP) is 4.14. The molecule has 22 heavy (non-hydrogen) atoms. The van der Waals surface area contributed by atoms with Crippen LogP contribution in [-0.2, 0) is 0 Å². The molecule has 2 nitrogen and oxygen atoms in total. The number of aliphatic hydroxyl groups excluding tert-OH is 1. The van der Waals surface area contributed by atoms with Crippen molar-refractivity contribution in [3.8, 4) is 0 Å². The highest BCUT2D eigenvalue weighted by molar-refractivity contribution is 5.16. The van der Waals surface area contributed by atoms with E-state index < -0.39 is 5.60 Å². The van der Waals surface area contributed by atoms with Gasteiger partial charge in [0, 0.05) is 6.61 Å². The molecule has 0 amide bonds. The molecule has 2 bridgehead atoms. The van der Waals surface area contributed by atoms with E-state index in [1.807, 2.05) is 0 Å². The molecule has 7 atom stereocenters. The first-order valence-corrected chi connectivity index (χ1v) is 9.59. The van der Waals surface area contributed by atoms with Gasteiger partial charge in [0.1, 0.15) is 0 Å². The highest BCUT2D eigenvalue weighted by Crippen LogP contribution is 2.72. The molecule has 0 aliphatic heterocycles. The Morgan fingerprint density at radius 1 is 0.955 bits per heavy atom. The number of fused-ring (bicyclic) bond motifs is 3. The summed E-state index contributed by atoms with van der Waals surface area (Å²) in [6, 6.07) is 0. The molecule has 1 unspecified atom stereocenters. The minimum absolute atomic E-state index is 0.132. The van der Waals surface area contributed by atoms with Crippen LogP contribution in [0.5, 0.6) is 0 Å². The van der Waals surface area contributed by atoms with Gasteiger partial charge in [-0.1, -0.05) is 20.3 Å². The maximum Gasteiger partial charge on any atom is 0.0653 e. The summed E-state index contributed by atoms with van der Waals surface area (Å²) in [5.74, 6) is 1.99. The normalized spacial score (nSPS) is 60.7. The van der Waals surface area contributed by atoms with Gasteiger partial charge in [-0.25, -0.2) is 0 Å². The van der Waals surface area contributed by atoms with E-state index in [0.717, 1.165) is 12.3 Å². The van der Waals surface area contributed by atoms with E-state index in [-0.39, 0.29) is 5.41 Å². The molecule has 0 aromatic carbocycles. The van der Waals surface area contributed by atoms with Crippen LogP contribution in [-0.4, -0.2) is 22.4 Å². The lowest BCUT2D eigenvalue weighted by atomic mass is 9.41. The molecule has 4 aliphatic carbocycles. The Morgan fingerprint density at radius 3 is 2.45 bits per heavy atom. The van der Waals surface area contributed by atoms with E-state index in [2.05, 4.69) is 20.8 Å². The van der Waals surface area contributed by atoms with Crippen molar-refractivity contribution in [3.05, 3.63) is 0 Å². The van der Waals surface area contributed by atoms with Crippen LogP contribution in [0.1, 0.15) is 78.6 Å². The Kier molecular flexibility index (Phi) is 3.16. The topological polar surface area (TPSA) is 40.5 Å². The van der Waals surface area contributed by atoms with E-state index in [4.69, 9.17) is 0 Å². The van der Waals surface area contributed by atoms with Crippen molar-refractivity contribution in [2.75, 3.05) is 6.61 Å². The van der Waals surface area contributed by atoms with Crippen LogP contribution in [0.4, 0.5) is 0 Å². The van der Waals surface area contributed by atoms with E-state index in [1.54, 1.807) is 0 Å². The lowest BCUT2D eigenvalue weighted by Gasteiger charge is -2.64. The van der Waals surface area contributed by atoms with Crippen molar-refractivity contribution in [3.63, 3.8) is 0 Å². The third kappa shape index (κ3) is 1.80. The minimum Gasteiger partial charge on any atom is -0.396 e. The molecule has 4 aliphatic rings. The van der Waals surface area contributed by atoms with Gasteiger partial charge in [-0.15, -0.1) is 0 Å². The summed E-state index contributed by atoms with van der Waals surface area (Å²) in [6.45, 7) is 7.34. The lowest BCUT2D eigenvalue weighted by Crippen LogP contribution is -2.57. The molecule has 0 aromatic heterocycles. The van der Waals surface area contributed by atoms with Crippen LogP contribution in [0, 0.1) is 34.0 Å². The molecule has 0 radical (unpaired) electrons.